The Labute approximate surface area is 98.9 Å². The average Bonchev–Trinajstić information content (AvgIpc) is 2.30. The van der Waals surface area contributed by atoms with E-state index in [9.17, 15) is 9.59 Å². The van der Waals surface area contributed by atoms with Gasteiger partial charge in [0.05, 0.1) is 0 Å². The van der Waals surface area contributed by atoms with Crippen molar-refractivity contribution in [3.63, 3.8) is 0 Å². The van der Waals surface area contributed by atoms with Crippen molar-refractivity contribution in [2.75, 3.05) is 0 Å². The summed E-state index contributed by atoms with van der Waals surface area (Å²) < 4.78 is 0. The van der Waals surface area contributed by atoms with Crippen LogP contribution in [0.25, 0.3) is 0 Å². The average molecular weight is 252 g/mol. The second kappa shape index (κ2) is 5.09. The number of H-pyrrole nitrogens is 2. The maximum atomic E-state index is 10.8. The van der Waals surface area contributed by atoms with E-state index in [2.05, 4.69) is 9.97 Å². The lowest BCUT2D eigenvalue weighted by Gasteiger charge is -1.99. The van der Waals surface area contributed by atoms with Gasteiger partial charge in [-0.25, -0.2) is 0 Å². The molecule has 16 heavy (non-hydrogen) atoms. The Hall–Kier alpha value is -1.40. The zero-order valence-electron chi connectivity index (χ0n) is 8.10. The molecule has 6 heteroatoms. The number of hydrogen-bond donors (Lipinski definition) is 2. The molecule has 0 saturated heterocycles. The van der Waals surface area contributed by atoms with Crippen molar-refractivity contribution in [2.24, 2.45) is 0 Å². The molecule has 0 radical (unpaired) electrons. The number of pyridine rings is 2. The van der Waals surface area contributed by atoms with Gasteiger partial charge in [-0.1, -0.05) is 21.6 Å². The first-order valence-electron chi connectivity index (χ1n) is 4.46. The van der Waals surface area contributed by atoms with Gasteiger partial charge in [-0.2, -0.15) is 0 Å². The van der Waals surface area contributed by atoms with Crippen molar-refractivity contribution in [1.82, 2.24) is 9.97 Å². The standard InChI is InChI=1S/C10H8N2O2S2/c13-9-3-1-7(5-11-9)15-16-8-2-4-10(14)12-6-8/h1-6H,(H,11,13)(H,12,14). The molecule has 0 bridgehead atoms. The van der Waals surface area contributed by atoms with E-state index in [0.717, 1.165) is 9.79 Å². The minimum Gasteiger partial charge on any atom is -0.328 e. The molecule has 2 heterocycles. The monoisotopic (exact) mass is 252 g/mol. The van der Waals surface area contributed by atoms with Crippen LogP contribution >= 0.6 is 21.6 Å². The van der Waals surface area contributed by atoms with Crippen LogP contribution in [-0.4, -0.2) is 9.97 Å². The Morgan fingerprint density at radius 3 is 1.50 bits per heavy atom. The van der Waals surface area contributed by atoms with Crippen LogP contribution < -0.4 is 11.1 Å². The molecule has 0 saturated carbocycles. The van der Waals surface area contributed by atoms with Gasteiger partial charge in [-0.3, -0.25) is 9.59 Å². The number of rotatable bonds is 3. The third kappa shape index (κ3) is 3.04. The summed E-state index contributed by atoms with van der Waals surface area (Å²) in [6, 6.07) is 6.47. The van der Waals surface area contributed by atoms with Gasteiger partial charge in [0, 0.05) is 34.3 Å². The fourth-order valence-electron chi connectivity index (χ4n) is 0.993. The van der Waals surface area contributed by atoms with Crippen molar-refractivity contribution >= 4 is 21.6 Å². The summed E-state index contributed by atoms with van der Waals surface area (Å²) in [7, 11) is 3.03. The first-order valence-corrected chi connectivity index (χ1v) is 6.61. The highest BCUT2D eigenvalue weighted by Crippen LogP contribution is 2.35. The molecule has 0 aliphatic carbocycles. The van der Waals surface area contributed by atoms with Crippen molar-refractivity contribution in [1.29, 1.82) is 0 Å². The molecule has 2 rings (SSSR count). The van der Waals surface area contributed by atoms with Crippen molar-refractivity contribution in [3.05, 3.63) is 57.4 Å². The van der Waals surface area contributed by atoms with E-state index in [1.165, 1.54) is 33.7 Å². The lowest BCUT2D eigenvalue weighted by molar-refractivity contribution is 1.17. The summed E-state index contributed by atoms with van der Waals surface area (Å²) in [4.78, 5) is 28.7. The Morgan fingerprint density at radius 1 is 0.750 bits per heavy atom. The van der Waals surface area contributed by atoms with Gasteiger partial charge < -0.3 is 9.97 Å². The van der Waals surface area contributed by atoms with E-state index in [1.54, 1.807) is 24.5 Å². The van der Waals surface area contributed by atoms with Crippen LogP contribution in [0.15, 0.2) is 56.0 Å². The summed E-state index contributed by atoms with van der Waals surface area (Å²) in [5.41, 5.74) is -0.225. The minimum absolute atomic E-state index is 0.113. The molecule has 2 N–H and O–H groups in total. The van der Waals surface area contributed by atoms with Crippen LogP contribution in [0.4, 0.5) is 0 Å². The maximum absolute atomic E-state index is 10.8. The van der Waals surface area contributed by atoms with E-state index >= 15 is 0 Å². The van der Waals surface area contributed by atoms with Gasteiger partial charge in [0.1, 0.15) is 0 Å². The summed E-state index contributed by atoms with van der Waals surface area (Å²) in [5, 5.41) is 0. The molecule has 0 fully saturated rings. The van der Waals surface area contributed by atoms with Gasteiger partial charge in [-0.15, -0.1) is 0 Å². The maximum Gasteiger partial charge on any atom is 0.247 e. The topological polar surface area (TPSA) is 65.7 Å². The highest BCUT2D eigenvalue weighted by molar-refractivity contribution is 8.76. The van der Waals surface area contributed by atoms with Gasteiger partial charge in [0.2, 0.25) is 11.1 Å². The fraction of sp³-hybridized carbons (Fsp3) is 0. The Kier molecular flexibility index (Phi) is 3.53. The van der Waals surface area contributed by atoms with E-state index < -0.39 is 0 Å². The highest BCUT2D eigenvalue weighted by atomic mass is 33.1. The predicted molar refractivity (Wildman–Crippen MR) is 65.8 cm³/mol. The largest absolute Gasteiger partial charge is 0.328 e. The lowest BCUT2D eigenvalue weighted by Crippen LogP contribution is -2.01. The van der Waals surface area contributed by atoms with Crippen LogP contribution in [0.3, 0.4) is 0 Å². The summed E-state index contributed by atoms with van der Waals surface area (Å²) in [6.45, 7) is 0. The van der Waals surface area contributed by atoms with Crippen LogP contribution in [0.1, 0.15) is 0 Å². The van der Waals surface area contributed by atoms with Crippen LogP contribution in [0.5, 0.6) is 0 Å². The molecule has 2 aromatic rings. The molecule has 0 aliphatic rings. The normalized spacial score (nSPS) is 10.2. The molecule has 4 nitrogen and oxygen atoms in total. The molecular weight excluding hydrogens is 244 g/mol. The van der Waals surface area contributed by atoms with Crippen LogP contribution in [0, 0.1) is 0 Å². The number of aromatic amines is 2. The molecule has 0 aromatic carbocycles. The first kappa shape index (κ1) is 11.1. The molecule has 0 unspecified atom stereocenters. The smallest absolute Gasteiger partial charge is 0.247 e. The zero-order valence-corrected chi connectivity index (χ0v) is 9.73. The second-order valence-electron chi connectivity index (χ2n) is 2.94. The van der Waals surface area contributed by atoms with Crippen molar-refractivity contribution in [2.45, 2.75) is 9.79 Å². The number of nitrogens with one attached hydrogen (secondary N) is 2. The van der Waals surface area contributed by atoms with Crippen LogP contribution in [0.2, 0.25) is 0 Å². The van der Waals surface area contributed by atoms with Gasteiger partial charge >= 0.3 is 0 Å². The number of hydrogen-bond acceptors (Lipinski definition) is 4. The summed E-state index contributed by atoms with van der Waals surface area (Å²) in [5.74, 6) is 0. The molecule has 0 atom stereocenters. The van der Waals surface area contributed by atoms with E-state index in [4.69, 9.17) is 0 Å². The van der Waals surface area contributed by atoms with Crippen molar-refractivity contribution in [3.8, 4) is 0 Å². The minimum atomic E-state index is -0.113. The highest BCUT2D eigenvalue weighted by Gasteiger charge is 1.97. The van der Waals surface area contributed by atoms with Crippen LogP contribution in [-0.2, 0) is 0 Å². The molecule has 0 aliphatic heterocycles. The van der Waals surface area contributed by atoms with Crippen molar-refractivity contribution < 1.29 is 0 Å². The molecule has 82 valence electrons. The Balaban J connectivity index is 2.02. The van der Waals surface area contributed by atoms with Gasteiger partial charge in [0.25, 0.3) is 0 Å². The molecule has 2 aromatic heterocycles. The third-order valence-electron chi connectivity index (χ3n) is 1.75. The quantitative estimate of drug-likeness (QED) is 0.818. The van der Waals surface area contributed by atoms with E-state index in [0.29, 0.717) is 0 Å². The second-order valence-corrected chi connectivity index (χ2v) is 5.22. The number of aromatic nitrogens is 2. The first-order chi connectivity index (χ1) is 7.74. The third-order valence-corrected chi connectivity index (χ3v) is 4.13. The van der Waals surface area contributed by atoms with E-state index in [-0.39, 0.29) is 11.1 Å². The summed E-state index contributed by atoms with van der Waals surface area (Å²) >= 11 is 0. The molecule has 0 amide bonds. The van der Waals surface area contributed by atoms with E-state index in [1.807, 2.05) is 0 Å². The zero-order chi connectivity index (χ0) is 11.4. The predicted octanol–water partition coefficient (Wildman–Crippen LogP) is 1.86. The SMILES string of the molecule is O=c1ccc(SSc2ccc(=O)[nH]c2)c[nH]1. The lowest BCUT2D eigenvalue weighted by atomic mass is 10.5. The Morgan fingerprint density at radius 2 is 1.19 bits per heavy atom. The summed E-state index contributed by atoms with van der Waals surface area (Å²) in [6.07, 6.45) is 3.32. The molecular formula is C10H8N2O2S2. The van der Waals surface area contributed by atoms with Gasteiger partial charge in [-0.05, 0) is 12.1 Å². The molecule has 0 spiro atoms. The van der Waals surface area contributed by atoms with Gasteiger partial charge in [0.15, 0.2) is 0 Å². The Bertz CT molecular complexity index is 497. The fourth-order valence-corrected chi connectivity index (χ4v) is 2.85.